The summed E-state index contributed by atoms with van der Waals surface area (Å²) in [7, 11) is 1.39. The van der Waals surface area contributed by atoms with Gasteiger partial charge in [-0.2, -0.15) is 0 Å². The summed E-state index contributed by atoms with van der Waals surface area (Å²) >= 11 is 0. The third-order valence-electron chi connectivity index (χ3n) is 1.94. The Balaban J connectivity index is 3.20. The lowest BCUT2D eigenvalue weighted by Crippen LogP contribution is -2.08. The normalized spacial score (nSPS) is 12.2. The summed E-state index contributed by atoms with van der Waals surface area (Å²) in [5.74, 6) is -1.21. The minimum absolute atomic E-state index is 0.0556. The number of hydrogen-bond donors (Lipinski definition) is 1. The molecule has 0 aliphatic rings. The minimum atomic E-state index is -2.04. The van der Waals surface area contributed by atoms with E-state index in [1.54, 1.807) is 19.1 Å². The number of alkyl halides is 1. The number of benzene rings is 1. The molecule has 3 nitrogen and oxygen atoms in total. The first-order chi connectivity index (χ1) is 6.57. The fourth-order valence-electron chi connectivity index (χ4n) is 1.29. The number of methoxy groups -OCH3 is 1. The van der Waals surface area contributed by atoms with Crippen molar-refractivity contribution >= 4 is 5.97 Å². The van der Waals surface area contributed by atoms with Gasteiger partial charge in [0, 0.05) is 5.56 Å². The van der Waals surface area contributed by atoms with Crippen LogP contribution in [0, 0.1) is 6.92 Å². The number of carboxylic acid groups (broad SMARTS) is 1. The van der Waals surface area contributed by atoms with Crippen molar-refractivity contribution in [3.05, 3.63) is 29.3 Å². The molecule has 14 heavy (non-hydrogen) atoms. The van der Waals surface area contributed by atoms with Gasteiger partial charge in [0.15, 0.2) is 0 Å². The molecular formula is C10H11FO3. The van der Waals surface area contributed by atoms with Crippen molar-refractivity contribution in [1.82, 2.24) is 0 Å². The van der Waals surface area contributed by atoms with Gasteiger partial charge in [-0.15, -0.1) is 0 Å². The number of aliphatic carboxylic acids is 1. The average molecular weight is 198 g/mol. The molecule has 1 aromatic rings. The van der Waals surface area contributed by atoms with Crippen molar-refractivity contribution in [3.63, 3.8) is 0 Å². The number of carboxylic acids is 1. The van der Waals surface area contributed by atoms with Crippen LogP contribution in [0.15, 0.2) is 18.2 Å². The summed E-state index contributed by atoms with van der Waals surface area (Å²) in [4.78, 5) is 10.4. The summed E-state index contributed by atoms with van der Waals surface area (Å²) in [6, 6.07) is 4.74. The smallest absolute Gasteiger partial charge is 0.343 e. The van der Waals surface area contributed by atoms with E-state index in [1.165, 1.54) is 13.2 Å². The summed E-state index contributed by atoms with van der Waals surface area (Å²) in [6.45, 7) is 1.73. The van der Waals surface area contributed by atoms with Crippen molar-refractivity contribution < 1.29 is 19.0 Å². The molecular weight excluding hydrogens is 187 g/mol. The van der Waals surface area contributed by atoms with Crippen LogP contribution < -0.4 is 4.74 Å². The molecule has 0 fully saturated rings. The van der Waals surface area contributed by atoms with Gasteiger partial charge in [-0.25, -0.2) is 9.18 Å². The highest BCUT2D eigenvalue weighted by Gasteiger charge is 2.22. The van der Waals surface area contributed by atoms with Gasteiger partial charge in [0.1, 0.15) is 5.75 Å². The van der Waals surface area contributed by atoms with E-state index in [9.17, 15) is 9.18 Å². The standard InChI is InChI=1S/C10H11FO3/c1-6-4-3-5-7(9(6)14-2)8(11)10(12)13/h3-5,8H,1-2H3,(H,12,13). The Hall–Kier alpha value is -1.58. The molecule has 0 heterocycles. The average Bonchev–Trinajstić information content (AvgIpc) is 2.16. The highest BCUT2D eigenvalue weighted by Crippen LogP contribution is 2.30. The predicted molar refractivity (Wildman–Crippen MR) is 49.2 cm³/mol. The molecule has 0 bridgehead atoms. The van der Waals surface area contributed by atoms with Gasteiger partial charge in [-0.05, 0) is 12.5 Å². The summed E-state index contributed by atoms with van der Waals surface area (Å²) in [5, 5.41) is 8.52. The van der Waals surface area contributed by atoms with Gasteiger partial charge in [0.2, 0.25) is 6.17 Å². The second-order valence-electron chi connectivity index (χ2n) is 2.90. The Labute approximate surface area is 81.1 Å². The quantitative estimate of drug-likeness (QED) is 0.808. The zero-order chi connectivity index (χ0) is 10.7. The molecule has 1 unspecified atom stereocenters. The zero-order valence-corrected chi connectivity index (χ0v) is 7.95. The number of para-hydroxylation sites is 1. The maximum absolute atomic E-state index is 13.2. The van der Waals surface area contributed by atoms with Crippen LogP contribution in [0.1, 0.15) is 17.3 Å². The van der Waals surface area contributed by atoms with Crippen molar-refractivity contribution in [2.45, 2.75) is 13.1 Å². The number of hydrogen-bond acceptors (Lipinski definition) is 2. The minimum Gasteiger partial charge on any atom is -0.496 e. The van der Waals surface area contributed by atoms with Gasteiger partial charge in [-0.3, -0.25) is 0 Å². The molecule has 0 saturated heterocycles. The van der Waals surface area contributed by atoms with E-state index < -0.39 is 12.1 Å². The van der Waals surface area contributed by atoms with E-state index in [1.807, 2.05) is 0 Å². The van der Waals surface area contributed by atoms with E-state index in [2.05, 4.69) is 0 Å². The van der Waals surface area contributed by atoms with Crippen molar-refractivity contribution in [2.24, 2.45) is 0 Å². The monoisotopic (exact) mass is 198 g/mol. The van der Waals surface area contributed by atoms with Gasteiger partial charge >= 0.3 is 5.97 Å². The number of carbonyl (C=O) groups is 1. The number of rotatable bonds is 3. The van der Waals surface area contributed by atoms with Crippen LogP contribution in [0.3, 0.4) is 0 Å². The van der Waals surface area contributed by atoms with Crippen molar-refractivity contribution in [2.75, 3.05) is 7.11 Å². The third kappa shape index (κ3) is 1.84. The van der Waals surface area contributed by atoms with Crippen LogP contribution in [-0.2, 0) is 4.79 Å². The van der Waals surface area contributed by atoms with Crippen LogP contribution in [0.2, 0.25) is 0 Å². The first kappa shape index (κ1) is 10.5. The zero-order valence-electron chi connectivity index (χ0n) is 7.95. The molecule has 4 heteroatoms. The summed E-state index contributed by atoms with van der Waals surface area (Å²) in [6.07, 6.45) is -2.04. The molecule has 0 aromatic heterocycles. The van der Waals surface area contributed by atoms with Crippen LogP contribution in [-0.4, -0.2) is 18.2 Å². The molecule has 0 aliphatic heterocycles. The summed E-state index contributed by atoms with van der Waals surface area (Å²) < 4.78 is 18.1. The van der Waals surface area contributed by atoms with Crippen molar-refractivity contribution in [1.29, 1.82) is 0 Å². The highest BCUT2D eigenvalue weighted by molar-refractivity contribution is 5.75. The second kappa shape index (κ2) is 4.09. The van der Waals surface area contributed by atoms with E-state index in [4.69, 9.17) is 9.84 Å². The van der Waals surface area contributed by atoms with Gasteiger partial charge in [-0.1, -0.05) is 18.2 Å². The molecule has 1 N–H and O–H groups in total. The largest absolute Gasteiger partial charge is 0.496 e. The molecule has 76 valence electrons. The fraction of sp³-hybridized carbons (Fsp3) is 0.300. The molecule has 1 rings (SSSR count). The van der Waals surface area contributed by atoms with E-state index in [0.29, 0.717) is 11.3 Å². The molecule has 0 saturated carbocycles. The second-order valence-corrected chi connectivity index (χ2v) is 2.90. The lowest BCUT2D eigenvalue weighted by molar-refractivity contribution is -0.143. The topological polar surface area (TPSA) is 46.5 Å². The maximum Gasteiger partial charge on any atom is 0.343 e. The summed E-state index contributed by atoms with van der Waals surface area (Å²) in [5.41, 5.74) is 0.772. The van der Waals surface area contributed by atoms with E-state index in [0.717, 1.165) is 0 Å². The number of halogens is 1. The fourth-order valence-corrected chi connectivity index (χ4v) is 1.29. The molecule has 0 amide bonds. The Morgan fingerprint density at radius 2 is 2.21 bits per heavy atom. The van der Waals surface area contributed by atoms with Gasteiger partial charge in [0.25, 0.3) is 0 Å². The number of aryl methyl sites for hydroxylation is 1. The van der Waals surface area contributed by atoms with E-state index >= 15 is 0 Å². The maximum atomic E-state index is 13.2. The van der Waals surface area contributed by atoms with Crippen molar-refractivity contribution in [3.8, 4) is 5.75 Å². The van der Waals surface area contributed by atoms with Crippen LogP contribution >= 0.6 is 0 Å². The lowest BCUT2D eigenvalue weighted by atomic mass is 10.1. The predicted octanol–water partition coefficient (Wildman–Crippen LogP) is 2.10. The van der Waals surface area contributed by atoms with E-state index in [-0.39, 0.29) is 5.56 Å². The highest BCUT2D eigenvalue weighted by atomic mass is 19.1. The van der Waals surface area contributed by atoms with Crippen LogP contribution in [0.4, 0.5) is 4.39 Å². The van der Waals surface area contributed by atoms with Crippen LogP contribution in [0.25, 0.3) is 0 Å². The molecule has 1 atom stereocenters. The number of ether oxygens (including phenoxy) is 1. The first-order valence-corrected chi connectivity index (χ1v) is 4.08. The Morgan fingerprint density at radius 3 is 2.71 bits per heavy atom. The van der Waals surface area contributed by atoms with Crippen LogP contribution in [0.5, 0.6) is 5.75 Å². The Morgan fingerprint density at radius 1 is 1.57 bits per heavy atom. The molecule has 0 spiro atoms. The molecule has 0 radical (unpaired) electrons. The van der Waals surface area contributed by atoms with Gasteiger partial charge < -0.3 is 9.84 Å². The molecule has 1 aromatic carbocycles. The lowest BCUT2D eigenvalue weighted by Gasteiger charge is -2.11. The first-order valence-electron chi connectivity index (χ1n) is 4.08. The van der Waals surface area contributed by atoms with Gasteiger partial charge in [0.05, 0.1) is 7.11 Å². The molecule has 0 aliphatic carbocycles. The Kier molecular flexibility index (Phi) is 3.06. The Bertz CT molecular complexity index is 349. The SMILES string of the molecule is COc1c(C)cccc1C(F)C(=O)O. The third-order valence-corrected chi connectivity index (χ3v) is 1.94.